The highest BCUT2D eigenvalue weighted by atomic mass is 35.5. The van der Waals surface area contributed by atoms with Gasteiger partial charge in [0.1, 0.15) is 10.8 Å². The Morgan fingerprint density at radius 2 is 2.05 bits per heavy atom. The number of benzene rings is 1. The van der Waals surface area contributed by atoms with E-state index in [1.807, 2.05) is 36.2 Å². The lowest BCUT2D eigenvalue weighted by Crippen LogP contribution is -2.21. The Hall–Kier alpha value is -2.01. The largest absolute Gasteiger partial charge is 0.497 e. The molecule has 0 aliphatic heterocycles. The molecule has 0 aliphatic rings. The Morgan fingerprint density at radius 3 is 2.68 bits per heavy atom. The van der Waals surface area contributed by atoms with Gasteiger partial charge in [-0.3, -0.25) is 4.79 Å². The molecule has 2 aromatic rings. The molecule has 0 radical (unpaired) electrons. The number of aromatic nitrogens is 2. The summed E-state index contributed by atoms with van der Waals surface area (Å²) in [5.74, 6) is 1.26. The number of H-pyrrole nitrogens is 1. The molecule has 0 unspecified atom stereocenters. The van der Waals surface area contributed by atoms with Crippen LogP contribution in [-0.4, -0.2) is 24.1 Å². The van der Waals surface area contributed by atoms with Crippen LogP contribution >= 0.6 is 11.6 Å². The van der Waals surface area contributed by atoms with Crippen molar-refractivity contribution in [1.82, 2.24) is 9.97 Å². The molecule has 1 heterocycles. The SMILES string of the molecule is COc1ccc(CN(C)c2nc[nH]c(=O)c2Cl)cc1. The molecule has 0 amide bonds. The molecule has 0 saturated carbocycles. The Morgan fingerprint density at radius 1 is 1.37 bits per heavy atom. The Bertz CT molecular complexity index is 610. The molecular weight excluding hydrogens is 266 g/mol. The standard InChI is InChI=1S/C13H14ClN3O2/c1-17(12-11(14)13(18)16-8-15-12)7-9-3-5-10(19-2)6-4-9/h3-6,8H,7H2,1-2H3,(H,15,16,18). The van der Waals surface area contributed by atoms with Gasteiger partial charge in [-0.05, 0) is 17.7 Å². The summed E-state index contributed by atoms with van der Waals surface area (Å²) in [7, 11) is 3.46. The van der Waals surface area contributed by atoms with Gasteiger partial charge >= 0.3 is 0 Å². The van der Waals surface area contributed by atoms with Gasteiger partial charge in [-0.2, -0.15) is 0 Å². The molecule has 0 spiro atoms. The molecule has 0 aliphatic carbocycles. The number of nitrogens with zero attached hydrogens (tertiary/aromatic N) is 2. The van der Waals surface area contributed by atoms with Crippen LogP contribution in [0, 0.1) is 0 Å². The average Bonchev–Trinajstić information content (AvgIpc) is 2.42. The zero-order valence-electron chi connectivity index (χ0n) is 10.7. The fourth-order valence-electron chi connectivity index (χ4n) is 1.72. The van der Waals surface area contributed by atoms with Crippen LogP contribution in [0.1, 0.15) is 5.56 Å². The average molecular weight is 280 g/mol. The molecule has 100 valence electrons. The van der Waals surface area contributed by atoms with Crippen molar-refractivity contribution in [2.45, 2.75) is 6.54 Å². The number of halogens is 1. The molecule has 0 bridgehead atoms. The monoisotopic (exact) mass is 279 g/mol. The number of hydrogen-bond donors (Lipinski definition) is 1. The summed E-state index contributed by atoms with van der Waals surface area (Å²) < 4.78 is 5.10. The third kappa shape index (κ3) is 3.06. The molecule has 1 N–H and O–H groups in total. The van der Waals surface area contributed by atoms with E-state index in [-0.39, 0.29) is 10.6 Å². The van der Waals surface area contributed by atoms with Crippen molar-refractivity contribution in [2.24, 2.45) is 0 Å². The second-order valence-corrected chi connectivity index (χ2v) is 4.45. The van der Waals surface area contributed by atoms with Crippen molar-refractivity contribution < 1.29 is 4.74 Å². The fourth-order valence-corrected chi connectivity index (χ4v) is 1.97. The first-order chi connectivity index (χ1) is 9.11. The second-order valence-electron chi connectivity index (χ2n) is 4.07. The Balaban J connectivity index is 2.18. The van der Waals surface area contributed by atoms with Crippen molar-refractivity contribution in [1.29, 1.82) is 0 Å². The fraction of sp³-hybridized carbons (Fsp3) is 0.231. The van der Waals surface area contributed by atoms with E-state index in [9.17, 15) is 4.79 Å². The van der Waals surface area contributed by atoms with Gasteiger partial charge in [-0.15, -0.1) is 0 Å². The van der Waals surface area contributed by atoms with Crippen molar-refractivity contribution in [3.63, 3.8) is 0 Å². The zero-order valence-corrected chi connectivity index (χ0v) is 11.4. The summed E-state index contributed by atoms with van der Waals surface area (Å²) in [4.78, 5) is 19.7. The van der Waals surface area contributed by atoms with E-state index < -0.39 is 0 Å². The van der Waals surface area contributed by atoms with Gasteiger partial charge in [-0.1, -0.05) is 23.7 Å². The van der Waals surface area contributed by atoms with E-state index in [1.165, 1.54) is 6.33 Å². The van der Waals surface area contributed by atoms with Crippen molar-refractivity contribution in [3.05, 3.63) is 51.5 Å². The smallest absolute Gasteiger partial charge is 0.271 e. The van der Waals surface area contributed by atoms with Crippen LogP contribution in [0.15, 0.2) is 35.4 Å². The summed E-state index contributed by atoms with van der Waals surface area (Å²) in [6.45, 7) is 0.597. The number of anilines is 1. The molecule has 0 saturated heterocycles. The number of nitrogens with one attached hydrogen (secondary N) is 1. The van der Waals surface area contributed by atoms with Gasteiger partial charge in [-0.25, -0.2) is 4.98 Å². The first kappa shape index (κ1) is 13.4. The number of ether oxygens (including phenoxy) is 1. The van der Waals surface area contributed by atoms with Gasteiger partial charge in [0.05, 0.1) is 13.4 Å². The molecular formula is C13H14ClN3O2. The van der Waals surface area contributed by atoms with Gasteiger partial charge < -0.3 is 14.6 Å². The molecule has 0 fully saturated rings. The van der Waals surface area contributed by atoms with E-state index >= 15 is 0 Å². The first-order valence-corrected chi connectivity index (χ1v) is 6.07. The van der Waals surface area contributed by atoms with E-state index in [0.29, 0.717) is 12.4 Å². The van der Waals surface area contributed by atoms with Crippen molar-refractivity contribution in [2.75, 3.05) is 19.1 Å². The minimum Gasteiger partial charge on any atom is -0.497 e. The lowest BCUT2D eigenvalue weighted by atomic mass is 10.2. The maximum absolute atomic E-state index is 11.4. The van der Waals surface area contributed by atoms with Gasteiger partial charge in [0.15, 0.2) is 5.82 Å². The molecule has 2 rings (SSSR count). The maximum atomic E-state index is 11.4. The van der Waals surface area contributed by atoms with Crippen LogP contribution in [0.5, 0.6) is 5.75 Å². The highest BCUT2D eigenvalue weighted by Crippen LogP contribution is 2.19. The highest BCUT2D eigenvalue weighted by Gasteiger charge is 2.11. The molecule has 0 atom stereocenters. The van der Waals surface area contributed by atoms with Gasteiger partial charge in [0.25, 0.3) is 5.56 Å². The summed E-state index contributed by atoms with van der Waals surface area (Å²) in [5, 5.41) is 0.0958. The maximum Gasteiger partial charge on any atom is 0.271 e. The van der Waals surface area contributed by atoms with Crippen LogP contribution in [0.2, 0.25) is 5.02 Å². The van der Waals surface area contributed by atoms with E-state index in [2.05, 4.69) is 9.97 Å². The highest BCUT2D eigenvalue weighted by molar-refractivity contribution is 6.32. The normalized spacial score (nSPS) is 10.3. The Kier molecular flexibility index (Phi) is 4.06. The first-order valence-electron chi connectivity index (χ1n) is 5.69. The summed E-state index contributed by atoms with van der Waals surface area (Å²) in [5.41, 5.74) is 0.731. The second kappa shape index (κ2) is 5.75. The van der Waals surface area contributed by atoms with E-state index in [1.54, 1.807) is 7.11 Å². The zero-order chi connectivity index (χ0) is 13.8. The van der Waals surface area contributed by atoms with Crippen LogP contribution in [0.4, 0.5) is 5.82 Å². The lowest BCUT2D eigenvalue weighted by Gasteiger charge is -2.18. The summed E-state index contributed by atoms with van der Waals surface area (Å²) in [6, 6.07) is 7.68. The van der Waals surface area contributed by atoms with Crippen LogP contribution in [0.25, 0.3) is 0 Å². The summed E-state index contributed by atoms with van der Waals surface area (Å²) >= 11 is 5.93. The number of aromatic amines is 1. The molecule has 5 nitrogen and oxygen atoms in total. The van der Waals surface area contributed by atoms with Gasteiger partial charge in [0.2, 0.25) is 0 Å². The minimum absolute atomic E-state index is 0.0958. The molecule has 19 heavy (non-hydrogen) atoms. The third-order valence-corrected chi connectivity index (χ3v) is 3.06. The predicted molar refractivity (Wildman–Crippen MR) is 75.0 cm³/mol. The Labute approximate surface area is 115 Å². The lowest BCUT2D eigenvalue weighted by molar-refractivity contribution is 0.414. The molecule has 6 heteroatoms. The van der Waals surface area contributed by atoms with Crippen LogP contribution in [-0.2, 0) is 6.54 Å². The number of hydrogen-bond acceptors (Lipinski definition) is 4. The van der Waals surface area contributed by atoms with E-state index in [4.69, 9.17) is 16.3 Å². The van der Waals surface area contributed by atoms with E-state index in [0.717, 1.165) is 11.3 Å². The van der Waals surface area contributed by atoms with Crippen molar-refractivity contribution in [3.8, 4) is 5.75 Å². The quantitative estimate of drug-likeness (QED) is 0.931. The van der Waals surface area contributed by atoms with Gasteiger partial charge in [0, 0.05) is 13.6 Å². The number of methoxy groups -OCH3 is 1. The number of rotatable bonds is 4. The summed E-state index contributed by atoms with van der Waals surface area (Å²) in [6.07, 6.45) is 1.34. The van der Waals surface area contributed by atoms with Crippen LogP contribution < -0.4 is 15.2 Å². The topological polar surface area (TPSA) is 58.2 Å². The molecule has 1 aromatic carbocycles. The molecule has 1 aromatic heterocycles. The predicted octanol–water partition coefficient (Wildman–Crippen LogP) is 2.07. The van der Waals surface area contributed by atoms with Crippen molar-refractivity contribution >= 4 is 17.4 Å². The minimum atomic E-state index is -0.340. The third-order valence-electron chi connectivity index (χ3n) is 2.72. The van der Waals surface area contributed by atoms with Crippen LogP contribution in [0.3, 0.4) is 0 Å².